The fourth-order valence-electron chi connectivity index (χ4n) is 4.17. The second kappa shape index (κ2) is 6.03. The molecule has 0 spiro atoms. The van der Waals surface area contributed by atoms with Gasteiger partial charge in [-0.05, 0) is 70.3 Å². The van der Waals surface area contributed by atoms with Crippen molar-refractivity contribution in [2.75, 3.05) is 19.6 Å². The molecule has 1 saturated heterocycles. The van der Waals surface area contributed by atoms with Crippen LogP contribution in [0.5, 0.6) is 0 Å². The first-order valence-corrected chi connectivity index (χ1v) is 8.60. The second-order valence-corrected chi connectivity index (χ2v) is 7.53. The van der Waals surface area contributed by atoms with Gasteiger partial charge in [0.25, 0.3) is 0 Å². The van der Waals surface area contributed by atoms with Crippen molar-refractivity contribution in [1.82, 2.24) is 10.2 Å². The van der Waals surface area contributed by atoms with Crippen LogP contribution in [0.4, 0.5) is 0 Å². The number of nitriles is 1. The average molecular weight is 275 g/mol. The largest absolute Gasteiger partial charge is 0.303 e. The monoisotopic (exact) mass is 275 g/mol. The first kappa shape index (κ1) is 14.4. The number of nitrogens with one attached hydrogen (secondary N) is 1. The lowest BCUT2D eigenvalue weighted by Gasteiger charge is -2.24. The Kier molecular flexibility index (Phi) is 4.33. The van der Waals surface area contributed by atoms with Gasteiger partial charge in [-0.2, -0.15) is 5.26 Å². The van der Waals surface area contributed by atoms with Crippen molar-refractivity contribution < 1.29 is 0 Å². The first-order valence-electron chi connectivity index (χ1n) is 8.60. The maximum Gasteiger partial charge on any atom is 0.104 e. The van der Waals surface area contributed by atoms with Crippen LogP contribution in [0.3, 0.4) is 0 Å². The van der Waals surface area contributed by atoms with Crippen LogP contribution < -0.4 is 5.32 Å². The number of hydrogen-bond acceptors (Lipinski definition) is 3. The number of unbranched alkanes of at least 4 members (excludes halogenated alkanes) is 1. The Morgan fingerprint density at radius 3 is 2.45 bits per heavy atom. The summed E-state index contributed by atoms with van der Waals surface area (Å²) >= 11 is 0. The second-order valence-electron chi connectivity index (χ2n) is 7.53. The minimum absolute atomic E-state index is 0.289. The van der Waals surface area contributed by atoms with Gasteiger partial charge in [0.2, 0.25) is 0 Å². The fraction of sp³-hybridized carbons (Fsp3) is 0.941. The van der Waals surface area contributed by atoms with E-state index >= 15 is 0 Å². The number of hydrogen-bond donors (Lipinski definition) is 1. The quantitative estimate of drug-likeness (QED) is 0.726. The molecule has 0 aromatic rings. The summed E-state index contributed by atoms with van der Waals surface area (Å²) in [5.74, 6) is 2.02. The molecule has 20 heavy (non-hydrogen) atoms. The molecule has 3 atom stereocenters. The molecule has 0 aromatic heterocycles. The fourth-order valence-corrected chi connectivity index (χ4v) is 4.17. The number of rotatable bonds is 7. The van der Waals surface area contributed by atoms with Gasteiger partial charge in [-0.3, -0.25) is 5.32 Å². The third kappa shape index (κ3) is 3.54. The molecule has 1 heterocycles. The van der Waals surface area contributed by atoms with Crippen molar-refractivity contribution in [3.8, 4) is 6.07 Å². The van der Waals surface area contributed by atoms with Crippen molar-refractivity contribution in [2.45, 2.75) is 69.9 Å². The van der Waals surface area contributed by atoms with Gasteiger partial charge < -0.3 is 4.90 Å². The van der Waals surface area contributed by atoms with Gasteiger partial charge in [-0.25, -0.2) is 0 Å². The van der Waals surface area contributed by atoms with E-state index in [2.05, 4.69) is 23.2 Å². The third-order valence-electron chi connectivity index (χ3n) is 5.55. The molecule has 3 rings (SSSR count). The molecule has 0 radical (unpaired) electrons. The van der Waals surface area contributed by atoms with Crippen LogP contribution in [0.15, 0.2) is 0 Å². The van der Waals surface area contributed by atoms with Crippen LogP contribution >= 0.6 is 0 Å². The molecule has 0 amide bonds. The lowest BCUT2D eigenvalue weighted by molar-refractivity contribution is 0.295. The zero-order valence-corrected chi connectivity index (χ0v) is 12.9. The van der Waals surface area contributed by atoms with Crippen LogP contribution in [0.1, 0.15) is 58.3 Å². The van der Waals surface area contributed by atoms with Gasteiger partial charge in [0.05, 0.1) is 6.07 Å². The van der Waals surface area contributed by atoms with E-state index in [4.69, 9.17) is 0 Å². The van der Waals surface area contributed by atoms with Gasteiger partial charge in [-0.1, -0.05) is 6.42 Å². The van der Waals surface area contributed by atoms with Gasteiger partial charge in [-0.15, -0.1) is 0 Å². The molecular formula is C17H29N3. The molecule has 2 saturated carbocycles. The predicted octanol–water partition coefficient (Wildman–Crippen LogP) is 2.92. The summed E-state index contributed by atoms with van der Waals surface area (Å²) in [7, 11) is 0. The lowest BCUT2D eigenvalue weighted by Crippen LogP contribution is -2.42. The molecule has 112 valence electrons. The molecule has 1 aliphatic heterocycles. The summed E-state index contributed by atoms with van der Waals surface area (Å²) in [5.41, 5.74) is -0.289. The van der Waals surface area contributed by atoms with E-state index in [1.165, 1.54) is 64.6 Å². The third-order valence-corrected chi connectivity index (χ3v) is 5.55. The Bertz CT molecular complexity index is 359. The summed E-state index contributed by atoms with van der Waals surface area (Å²) in [6.07, 6.45) is 10.4. The van der Waals surface area contributed by atoms with Crippen molar-refractivity contribution in [3.05, 3.63) is 0 Å². The van der Waals surface area contributed by atoms with Crippen LogP contribution in [0, 0.1) is 23.2 Å². The van der Waals surface area contributed by atoms with Crippen LogP contribution in [-0.2, 0) is 0 Å². The van der Waals surface area contributed by atoms with Crippen molar-refractivity contribution in [3.63, 3.8) is 0 Å². The van der Waals surface area contributed by atoms with Gasteiger partial charge in [0, 0.05) is 19.1 Å². The van der Waals surface area contributed by atoms with Gasteiger partial charge in [0.15, 0.2) is 0 Å². The Morgan fingerprint density at radius 1 is 1.15 bits per heavy atom. The molecule has 3 aliphatic rings. The summed E-state index contributed by atoms with van der Waals surface area (Å²) in [6, 6.07) is 3.11. The first-order chi connectivity index (χ1) is 9.68. The number of fused-ring (bicyclic) bond motifs is 1. The topological polar surface area (TPSA) is 39.1 Å². The number of likely N-dealkylation sites (tertiary alicyclic amines) is 1. The maximum absolute atomic E-state index is 9.36. The molecule has 0 aromatic carbocycles. The van der Waals surface area contributed by atoms with Crippen LogP contribution in [0.25, 0.3) is 0 Å². The SMILES string of the molecule is CC(C#N)(CCCCN1CC2CCCC2C1)NC1CC1. The highest BCUT2D eigenvalue weighted by molar-refractivity contribution is 5.06. The van der Waals surface area contributed by atoms with Gasteiger partial charge in [0.1, 0.15) is 5.54 Å². The summed E-state index contributed by atoms with van der Waals surface area (Å²) in [4.78, 5) is 2.67. The van der Waals surface area contributed by atoms with Crippen molar-refractivity contribution in [2.24, 2.45) is 11.8 Å². The van der Waals surface area contributed by atoms with E-state index in [0.29, 0.717) is 6.04 Å². The zero-order valence-electron chi connectivity index (χ0n) is 12.9. The highest BCUT2D eigenvalue weighted by Crippen LogP contribution is 2.37. The predicted molar refractivity (Wildman–Crippen MR) is 81.3 cm³/mol. The Labute approximate surface area is 123 Å². The molecule has 2 aliphatic carbocycles. The van der Waals surface area contributed by atoms with E-state index in [1.807, 2.05) is 0 Å². The molecule has 3 unspecified atom stereocenters. The Balaban J connectivity index is 1.32. The molecule has 3 fully saturated rings. The maximum atomic E-state index is 9.36. The average Bonchev–Trinajstić information content (AvgIpc) is 2.98. The number of nitrogens with zero attached hydrogens (tertiary/aromatic N) is 2. The van der Waals surface area contributed by atoms with Crippen LogP contribution in [-0.4, -0.2) is 36.1 Å². The van der Waals surface area contributed by atoms with Crippen molar-refractivity contribution in [1.29, 1.82) is 5.26 Å². The summed E-state index contributed by atoms with van der Waals surface area (Å²) in [6.45, 7) is 6.02. The highest BCUT2D eigenvalue weighted by Gasteiger charge is 2.36. The molecule has 1 N–H and O–H groups in total. The van der Waals surface area contributed by atoms with Crippen LogP contribution in [0.2, 0.25) is 0 Å². The van der Waals surface area contributed by atoms with E-state index in [-0.39, 0.29) is 5.54 Å². The standard InChI is InChI=1S/C17H29N3/c1-17(13-18,19-16-7-8-16)9-2-3-10-20-11-14-5-4-6-15(14)12-20/h14-16,19H,2-12H2,1H3. The van der Waals surface area contributed by atoms with Gasteiger partial charge >= 0.3 is 0 Å². The smallest absolute Gasteiger partial charge is 0.104 e. The summed E-state index contributed by atoms with van der Waals surface area (Å²) in [5, 5.41) is 12.9. The normalized spacial score (nSPS) is 32.8. The molecule has 3 nitrogen and oxygen atoms in total. The summed E-state index contributed by atoms with van der Waals surface area (Å²) < 4.78 is 0. The Hall–Kier alpha value is -0.590. The molecule has 0 bridgehead atoms. The Morgan fingerprint density at radius 2 is 1.85 bits per heavy atom. The highest BCUT2D eigenvalue weighted by atomic mass is 15.2. The van der Waals surface area contributed by atoms with E-state index in [0.717, 1.165) is 18.3 Å². The molecule has 3 heteroatoms. The lowest BCUT2D eigenvalue weighted by atomic mass is 9.96. The van der Waals surface area contributed by atoms with E-state index < -0.39 is 0 Å². The zero-order chi connectivity index (χ0) is 14.0. The van der Waals surface area contributed by atoms with E-state index in [1.54, 1.807) is 0 Å². The van der Waals surface area contributed by atoms with Crippen molar-refractivity contribution >= 4 is 0 Å². The minimum Gasteiger partial charge on any atom is -0.303 e. The van der Waals surface area contributed by atoms with E-state index in [9.17, 15) is 5.26 Å². The molecular weight excluding hydrogens is 246 g/mol. The minimum atomic E-state index is -0.289.